The summed E-state index contributed by atoms with van der Waals surface area (Å²) < 4.78 is 10.5. The first-order chi connectivity index (χ1) is 11.3. The highest BCUT2D eigenvalue weighted by Gasteiger charge is 2.60. The first-order valence-electron chi connectivity index (χ1n) is 8.25. The van der Waals surface area contributed by atoms with Crippen molar-refractivity contribution in [2.75, 3.05) is 14.2 Å². The fourth-order valence-electron chi connectivity index (χ4n) is 4.88. The van der Waals surface area contributed by atoms with E-state index in [1.165, 1.54) is 7.11 Å². The number of ketones is 1. The molecule has 1 fully saturated rings. The molecule has 3 rings (SSSR count). The molecule has 130 valence electrons. The van der Waals surface area contributed by atoms with Crippen LogP contribution in [-0.4, -0.2) is 30.8 Å². The summed E-state index contributed by atoms with van der Waals surface area (Å²) in [7, 11) is 3.04. The van der Waals surface area contributed by atoms with Crippen LogP contribution in [0.5, 0.6) is 5.75 Å². The van der Waals surface area contributed by atoms with Crippen molar-refractivity contribution in [1.29, 1.82) is 0 Å². The summed E-state index contributed by atoms with van der Waals surface area (Å²) in [5.41, 5.74) is 0.743. The molecule has 0 N–H and O–H groups in total. The van der Waals surface area contributed by atoms with E-state index in [9.17, 15) is 9.59 Å². The van der Waals surface area contributed by atoms with Crippen molar-refractivity contribution >= 4 is 27.7 Å². The fraction of sp³-hybridized carbons (Fsp3) is 0.579. The van der Waals surface area contributed by atoms with Crippen molar-refractivity contribution in [2.24, 2.45) is 11.3 Å². The van der Waals surface area contributed by atoms with Crippen LogP contribution in [0.25, 0.3) is 0 Å². The maximum Gasteiger partial charge on any atom is 0.311 e. The van der Waals surface area contributed by atoms with Gasteiger partial charge in [0.25, 0.3) is 0 Å². The minimum Gasteiger partial charge on any atom is -0.497 e. The van der Waals surface area contributed by atoms with E-state index in [1.54, 1.807) is 7.11 Å². The van der Waals surface area contributed by atoms with Gasteiger partial charge in [-0.3, -0.25) is 9.59 Å². The van der Waals surface area contributed by atoms with Gasteiger partial charge in [-0.1, -0.05) is 29.3 Å². The number of rotatable bonds is 2. The molecule has 0 saturated heterocycles. The molecule has 0 bridgehead atoms. The number of carbonyl (C=O) groups excluding carboxylic acids is 2. The Morgan fingerprint density at radius 1 is 1.25 bits per heavy atom. The smallest absolute Gasteiger partial charge is 0.311 e. The van der Waals surface area contributed by atoms with Crippen molar-refractivity contribution in [3.63, 3.8) is 0 Å². The molecule has 5 heteroatoms. The van der Waals surface area contributed by atoms with Crippen LogP contribution < -0.4 is 4.74 Å². The Balaban J connectivity index is 2.23. The Hall–Kier alpha value is -1.36. The van der Waals surface area contributed by atoms with Gasteiger partial charge in [0, 0.05) is 11.5 Å². The van der Waals surface area contributed by atoms with E-state index in [2.05, 4.69) is 22.9 Å². The van der Waals surface area contributed by atoms with Crippen LogP contribution in [-0.2, 0) is 14.9 Å². The molecule has 0 aliphatic heterocycles. The lowest BCUT2D eigenvalue weighted by Crippen LogP contribution is -2.58. The number of alkyl halides is 1. The zero-order valence-corrected chi connectivity index (χ0v) is 16.1. The third-order valence-corrected chi connectivity index (χ3v) is 7.01. The van der Waals surface area contributed by atoms with E-state index >= 15 is 0 Å². The van der Waals surface area contributed by atoms with Crippen LogP contribution in [0.4, 0.5) is 0 Å². The molecular formula is C19H23BrO4. The van der Waals surface area contributed by atoms with E-state index < -0.39 is 10.2 Å². The topological polar surface area (TPSA) is 52.6 Å². The Labute approximate surface area is 151 Å². The highest BCUT2D eigenvalue weighted by atomic mass is 79.9. The van der Waals surface area contributed by atoms with Crippen LogP contribution in [0.2, 0.25) is 0 Å². The zero-order chi connectivity index (χ0) is 17.7. The SMILES string of the molecule is COC(=O)[C@]1(C)CCC[C@]2(C)c3cc(OC)ccc3C(=O)[C@@H](Br)[C@@H]12. The Kier molecular flexibility index (Phi) is 4.27. The van der Waals surface area contributed by atoms with E-state index in [0.29, 0.717) is 0 Å². The average Bonchev–Trinajstić information content (AvgIpc) is 2.58. The van der Waals surface area contributed by atoms with Gasteiger partial charge in [0.2, 0.25) is 0 Å². The molecule has 0 unspecified atom stereocenters. The van der Waals surface area contributed by atoms with Crippen molar-refractivity contribution in [3.8, 4) is 5.75 Å². The quantitative estimate of drug-likeness (QED) is 0.563. The maximum absolute atomic E-state index is 13.0. The number of fused-ring (bicyclic) bond motifs is 3. The first-order valence-corrected chi connectivity index (χ1v) is 9.16. The molecule has 4 nitrogen and oxygen atoms in total. The second kappa shape index (κ2) is 5.87. The number of carbonyl (C=O) groups is 2. The van der Waals surface area contributed by atoms with Crippen molar-refractivity contribution in [3.05, 3.63) is 29.3 Å². The minimum absolute atomic E-state index is 0.0344. The standard InChI is InChI=1S/C19H23BrO4/c1-18-8-5-9-19(2,17(22)24-4)16(18)14(20)15(21)12-7-6-11(23-3)10-13(12)18/h6-7,10,14,16H,5,8-9H2,1-4H3/t14-,16-,18-,19-/m1/s1. The molecule has 0 heterocycles. The number of hydrogen-bond acceptors (Lipinski definition) is 4. The van der Waals surface area contributed by atoms with E-state index in [0.717, 1.165) is 36.1 Å². The summed E-state index contributed by atoms with van der Waals surface area (Å²) in [5, 5.41) is 0. The van der Waals surface area contributed by atoms with Gasteiger partial charge in [-0.05, 0) is 48.9 Å². The van der Waals surface area contributed by atoms with Gasteiger partial charge in [-0.15, -0.1) is 0 Å². The Morgan fingerprint density at radius 2 is 1.96 bits per heavy atom. The van der Waals surface area contributed by atoms with Gasteiger partial charge in [0.05, 0.1) is 24.5 Å². The second-order valence-electron chi connectivity index (χ2n) is 7.34. The van der Waals surface area contributed by atoms with Gasteiger partial charge in [0.15, 0.2) is 5.78 Å². The molecule has 0 amide bonds. The number of ether oxygens (including phenoxy) is 2. The molecule has 24 heavy (non-hydrogen) atoms. The summed E-state index contributed by atoms with van der Waals surface area (Å²) in [6.07, 6.45) is 2.58. The summed E-state index contributed by atoms with van der Waals surface area (Å²) in [6, 6.07) is 5.63. The van der Waals surface area contributed by atoms with Gasteiger partial charge < -0.3 is 9.47 Å². The highest BCUT2D eigenvalue weighted by Crippen LogP contribution is 2.59. The molecule has 0 radical (unpaired) electrons. The molecule has 2 aliphatic carbocycles. The number of hydrogen-bond donors (Lipinski definition) is 0. The van der Waals surface area contributed by atoms with Gasteiger partial charge >= 0.3 is 5.97 Å². The van der Waals surface area contributed by atoms with Crippen LogP contribution in [0.1, 0.15) is 49.0 Å². The van der Waals surface area contributed by atoms with Crippen LogP contribution in [0.3, 0.4) is 0 Å². The number of methoxy groups -OCH3 is 2. The summed E-state index contributed by atoms with van der Waals surface area (Å²) in [4.78, 5) is 25.2. The number of Topliss-reactive ketones (excluding diaryl/α,β-unsaturated/α-hetero) is 1. The predicted molar refractivity (Wildman–Crippen MR) is 94.9 cm³/mol. The number of benzene rings is 1. The first kappa shape index (κ1) is 17.5. The summed E-state index contributed by atoms with van der Waals surface area (Å²) >= 11 is 3.62. The monoisotopic (exact) mass is 394 g/mol. The number of esters is 1. The second-order valence-corrected chi connectivity index (χ2v) is 8.32. The average molecular weight is 395 g/mol. The van der Waals surface area contributed by atoms with Crippen LogP contribution >= 0.6 is 15.9 Å². The zero-order valence-electron chi connectivity index (χ0n) is 14.5. The van der Waals surface area contributed by atoms with Gasteiger partial charge in [-0.2, -0.15) is 0 Å². The van der Waals surface area contributed by atoms with Crippen LogP contribution in [0.15, 0.2) is 18.2 Å². The van der Waals surface area contributed by atoms with Crippen molar-refractivity contribution in [1.82, 2.24) is 0 Å². The Morgan fingerprint density at radius 3 is 2.58 bits per heavy atom. The summed E-state index contributed by atoms with van der Waals surface area (Å²) in [6.45, 7) is 4.10. The normalized spacial score (nSPS) is 35.0. The van der Waals surface area contributed by atoms with E-state index in [1.807, 2.05) is 25.1 Å². The molecule has 0 aromatic heterocycles. The largest absolute Gasteiger partial charge is 0.497 e. The van der Waals surface area contributed by atoms with Crippen molar-refractivity contribution in [2.45, 2.75) is 43.4 Å². The lowest BCUT2D eigenvalue weighted by Gasteiger charge is -2.55. The predicted octanol–water partition coefficient (Wildman–Crippen LogP) is 3.89. The molecule has 0 spiro atoms. The third-order valence-electron chi connectivity index (χ3n) is 6.07. The molecule has 1 saturated carbocycles. The molecule has 2 aliphatic rings. The molecule has 4 atom stereocenters. The molecular weight excluding hydrogens is 372 g/mol. The molecule has 1 aromatic carbocycles. The molecule has 1 aromatic rings. The van der Waals surface area contributed by atoms with E-state index in [4.69, 9.17) is 9.47 Å². The lowest BCUT2D eigenvalue weighted by molar-refractivity contribution is -0.160. The number of halogens is 1. The highest BCUT2D eigenvalue weighted by molar-refractivity contribution is 9.10. The van der Waals surface area contributed by atoms with Crippen LogP contribution in [0, 0.1) is 11.3 Å². The maximum atomic E-state index is 13.0. The Bertz CT molecular complexity index is 701. The van der Waals surface area contributed by atoms with Crippen molar-refractivity contribution < 1.29 is 19.1 Å². The third kappa shape index (κ3) is 2.24. The lowest BCUT2D eigenvalue weighted by atomic mass is 9.49. The van der Waals surface area contributed by atoms with E-state index in [-0.39, 0.29) is 23.1 Å². The fourth-order valence-corrected chi connectivity index (χ4v) is 6.30. The van der Waals surface area contributed by atoms with Gasteiger partial charge in [0.1, 0.15) is 5.75 Å². The minimum atomic E-state index is -0.688. The van der Waals surface area contributed by atoms with Gasteiger partial charge in [-0.25, -0.2) is 0 Å². The summed E-state index contributed by atoms with van der Waals surface area (Å²) in [5.74, 6) is 0.382.